The quantitative estimate of drug-likeness (QED) is 0.611. The first-order chi connectivity index (χ1) is 6.22. The van der Waals surface area contributed by atoms with Crippen molar-refractivity contribution in [3.8, 4) is 0 Å². The molecule has 0 aliphatic rings. The van der Waals surface area contributed by atoms with E-state index in [1.54, 1.807) is 20.8 Å². The summed E-state index contributed by atoms with van der Waals surface area (Å²) in [7, 11) is 0. The Morgan fingerprint density at radius 3 is 2.33 bits per heavy atom. The highest BCUT2D eigenvalue weighted by Crippen LogP contribution is 2.08. The van der Waals surface area contributed by atoms with Gasteiger partial charge in [-0.2, -0.15) is 0 Å². The minimum atomic E-state index is -1.50. The lowest BCUT2D eigenvalue weighted by Gasteiger charge is -2.19. The van der Waals surface area contributed by atoms with Crippen LogP contribution in [0.1, 0.15) is 43.2 Å². The van der Waals surface area contributed by atoms with Crippen molar-refractivity contribution in [1.82, 2.24) is 0 Å². The standard InChI is InChI=1S/C9H16O3/c1-7(10)5-6-8(11)12-9(2,3)4/h5-6H2,1-4H3/i1D2. The molecule has 3 heteroatoms. The fraction of sp³-hybridized carbons (Fsp3) is 0.778. The first-order valence-electron chi connectivity index (χ1n) is 4.97. The zero-order valence-electron chi connectivity index (χ0n) is 9.72. The molecule has 0 fully saturated rings. The van der Waals surface area contributed by atoms with E-state index >= 15 is 0 Å². The summed E-state index contributed by atoms with van der Waals surface area (Å²) in [5, 5.41) is 0. The minimum absolute atomic E-state index is 0.0512. The van der Waals surface area contributed by atoms with Gasteiger partial charge in [0.15, 0.2) is 0 Å². The maximum atomic E-state index is 11.1. The number of rotatable bonds is 3. The first-order valence-corrected chi connectivity index (χ1v) is 3.81. The van der Waals surface area contributed by atoms with Gasteiger partial charge in [0, 0.05) is 9.16 Å². The van der Waals surface area contributed by atoms with Crippen LogP contribution >= 0.6 is 0 Å². The molecule has 0 bridgehead atoms. The SMILES string of the molecule is [2H]C([2H])C(=O)CCC(=O)OC(C)(C)C. The number of hydrogen-bond donors (Lipinski definition) is 0. The van der Waals surface area contributed by atoms with Crippen molar-refractivity contribution in [3.63, 3.8) is 0 Å². The Morgan fingerprint density at radius 2 is 1.92 bits per heavy atom. The van der Waals surface area contributed by atoms with Gasteiger partial charge in [0.05, 0.1) is 6.42 Å². The highest BCUT2D eigenvalue weighted by molar-refractivity contribution is 5.81. The zero-order chi connectivity index (χ0) is 11.4. The number of ether oxygens (including phenoxy) is 1. The van der Waals surface area contributed by atoms with Crippen LogP contribution in [0.15, 0.2) is 0 Å². The molecule has 0 N–H and O–H groups in total. The average molecular weight is 174 g/mol. The van der Waals surface area contributed by atoms with Crippen LogP contribution in [0, 0.1) is 0 Å². The Kier molecular flexibility index (Phi) is 2.74. The van der Waals surface area contributed by atoms with Crippen molar-refractivity contribution in [2.45, 2.75) is 46.1 Å². The zero-order valence-corrected chi connectivity index (χ0v) is 7.72. The van der Waals surface area contributed by atoms with Gasteiger partial charge in [-0.05, 0) is 27.6 Å². The van der Waals surface area contributed by atoms with Crippen molar-refractivity contribution >= 4 is 11.8 Å². The summed E-state index contributed by atoms with van der Waals surface area (Å²) in [6.07, 6.45) is -0.142. The Morgan fingerprint density at radius 1 is 1.33 bits per heavy atom. The summed E-state index contributed by atoms with van der Waals surface area (Å²) >= 11 is 0. The van der Waals surface area contributed by atoms with E-state index in [1.807, 2.05) is 0 Å². The van der Waals surface area contributed by atoms with E-state index in [9.17, 15) is 9.59 Å². The van der Waals surface area contributed by atoms with E-state index in [1.165, 1.54) is 0 Å². The molecule has 0 saturated carbocycles. The molecule has 0 heterocycles. The maximum absolute atomic E-state index is 11.1. The highest BCUT2D eigenvalue weighted by atomic mass is 16.6. The lowest BCUT2D eigenvalue weighted by molar-refractivity contribution is -0.155. The van der Waals surface area contributed by atoms with E-state index in [-0.39, 0.29) is 12.8 Å². The lowest BCUT2D eigenvalue weighted by Crippen LogP contribution is -2.23. The smallest absolute Gasteiger partial charge is 0.306 e. The minimum Gasteiger partial charge on any atom is -0.460 e. The summed E-state index contributed by atoms with van der Waals surface area (Å²) in [5.41, 5.74) is -0.554. The van der Waals surface area contributed by atoms with Crippen LogP contribution in [0.2, 0.25) is 0 Å². The van der Waals surface area contributed by atoms with Crippen LogP contribution in [0.5, 0.6) is 0 Å². The van der Waals surface area contributed by atoms with E-state index in [0.717, 1.165) is 0 Å². The first kappa shape index (κ1) is 7.77. The molecule has 0 aromatic rings. The molecule has 0 saturated heterocycles. The molecule has 12 heavy (non-hydrogen) atoms. The van der Waals surface area contributed by atoms with Crippen molar-refractivity contribution < 1.29 is 17.1 Å². The van der Waals surface area contributed by atoms with Crippen molar-refractivity contribution in [1.29, 1.82) is 0 Å². The molecule has 0 spiro atoms. The number of hydrogen-bond acceptors (Lipinski definition) is 3. The molecule has 0 aromatic heterocycles. The van der Waals surface area contributed by atoms with Gasteiger partial charge in [-0.25, -0.2) is 0 Å². The molecule has 0 atom stereocenters. The third kappa shape index (κ3) is 7.25. The highest BCUT2D eigenvalue weighted by Gasteiger charge is 2.15. The molecule has 70 valence electrons. The van der Waals surface area contributed by atoms with Gasteiger partial charge in [-0.3, -0.25) is 4.79 Å². The van der Waals surface area contributed by atoms with E-state index in [4.69, 9.17) is 7.48 Å². The van der Waals surface area contributed by atoms with Crippen molar-refractivity contribution in [2.75, 3.05) is 0 Å². The third-order valence-corrected chi connectivity index (χ3v) is 0.996. The molecule has 0 rings (SSSR count). The maximum Gasteiger partial charge on any atom is 0.306 e. The number of Topliss-reactive ketones (excluding diaryl/α,β-unsaturated/α-hetero) is 1. The number of carbonyl (C=O) groups excluding carboxylic acids is 2. The summed E-state index contributed by atoms with van der Waals surface area (Å²) in [5.74, 6) is -1.03. The second kappa shape index (κ2) is 4.24. The van der Waals surface area contributed by atoms with Crippen LogP contribution in [-0.4, -0.2) is 17.4 Å². The number of carbonyl (C=O) groups is 2. The molecule has 0 radical (unpaired) electrons. The van der Waals surface area contributed by atoms with Crippen LogP contribution in [0.4, 0.5) is 0 Å². The third-order valence-electron chi connectivity index (χ3n) is 0.996. The molecule has 3 nitrogen and oxygen atoms in total. The Balaban J connectivity index is 3.81. The fourth-order valence-electron chi connectivity index (χ4n) is 0.618. The summed E-state index contributed by atoms with van der Waals surface area (Å²) in [6.45, 7) is 3.72. The van der Waals surface area contributed by atoms with E-state index in [2.05, 4.69) is 0 Å². The van der Waals surface area contributed by atoms with Gasteiger partial charge < -0.3 is 9.53 Å². The van der Waals surface area contributed by atoms with E-state index in [0.29, 0.717) is 0 Å². The predicted molar refractivity (Wildman–Crippen MR) is 45.8 cm³/mol. The monoisotopic (exact) mass is 174 g/mol. The van der Waals surface area contributed by atoms with Gasteiger partial charge in [0.2, 0.25) is 0 Å². The lowest BCUT2D eigenvalue weighted by atomic mass is 10.2. The summed E-state index contributed by atoms with van der Waals surface area (Å²) in [4.78, 5) is 21.9. The van der Waals surface area contributed by atoms with Crippen molar-refractivity contribution in [2.24, 2.45) is 0 Å². The largest absolute Gasteiger partial charge is 0.460 e. The van der Waals surface area contributed by atoms with Gasteiger partial charge in [0.1, 0.15) is 11.4 Å². The van der Waals surface area contributed by atoms with Crippen LogP contribution in [0.25, 0.3) is 0 Å². The summed E-state index contributed by atoms with van der Waals surface area (Å²) < 4.78 is 18.5. The van der Waals surface area contributed by atoms with Gasteiger partial charge >= 0.3 is 5.97 Å². The van der Waals surface area contributed by atoms with Crippen LogP contribution in [-0.2, 0) is 14.3 Å². The number of ketones is 1. The molecular formula is C9H16O3. The Labute approximate surface area is 75.9 Å². The molecule has 0 unspecified atom stereocenters. The van der Waals surface area contributed by atoms with E-state index < -0.39 is 24.2 Å². The van der Waals surface area contributed by atoms with Gasteiger partial charge in [-0.15, -0.1) is 0 Å². The van der Waals surface area contributed by atoms with Crippen molar-refractivity contribution in [3.05, 3.63) is 0 Å². The molecule has 0 aliphatic heterocycles. The summed E-state index contributed by atoms with van der Waals surface area (Å²) in [6, 6.07) is 0. The normalized spacial score (nSPS) is 13.7. The molecule has 0 aliphatic carbocycles. The van der Waals surface area contributed by atoms with Gasteiger partial charge in [-0.1, -0.05) is 0 Å². The molecular weight excluding hydrogens is 156 g/mol. The van der Waals surface area contributed by atoms with Crippen LogP contribution < -0.4 is 0 Å². The molecule has 0 amide bonds. The van der Waals surface area contributed by atoms with Crippen LogP contribution in [0.3, 0.4) is 0 Å². The average Bonchev–Trinajstić information content (AvgIpc) is 1.96. The Bertz CT molecular complexity index is 219. The number of esters is 1. The second-order valence-electron chi connectivity index (χ2n) is 3.55. The second-order valence-corrected chi connectivity index (χ2v) is 3.55. The van der Waals surface area contributed by atoms with Gasteiger partial charge in [0.25, 0.3) is 0 Å². The predicted octanol–water partition coefficient (Wildman–Crippen LogP) is 1.70. The molecule has 0 aromatic carbocycles. The topological polar surface area (TPSA) is 43.4 Å². The Hall–Kier alpha value is -0.860. The fourth-order valence-corrected chi connectivity index (χ4v) is 0.618.